The summed E-state index contributed by atoms with van der Waals surface area (Å²) in [5, 5.41) is 14.5. The summed E-state index contributed by atoms with van der Waals surface area (Å²) in [4.78, 5) is 41.9. The average Bonchev–Trinajstić information content (AvgIpc) is 3.38. The van der Waals surface area contributed by atoms with Crippen LogP contribution in [0.15, 0.2) is 73.3 Å². The third-order valence-electron chi connectivity index (χ3n) is 5.22. The summed E-state index contributed by atoms with van der Waals surface area (Å²) in [7, 11) is 0. The Morgan fingerprint density at radius 3 is 2.03 bits per heavy atom. The number of nitrogens with zero attached hydrogens (tertiary/aromatic N) is 1. The van der Waals surface area contributed by atoms with E-state index >= 15 is 0 Å². The molecule has 1 atom stereocenters. The van der Waals surface area contributed by atoms with E-state index in [1.54, 1.807) is 0 Å². The van der Waals surface area contributed by atoms with Crippen molar-refractivity contribution in [2.45, 2.75) is 77.2 Å². The van der Waals surface area contributed by atoms with Gasteiger partial charge in [0.25, 0.3) is 0 Å². The molecule has 0 fully saturated rings. The summed E-state index contributed by atoms with van der Waals surface area (Å²) in [5.74, 6) is -1.67. The van der Waals surface area contributed by atoms with E-state index in [-0.39, 0.29) is 25.3 Å². The Bertz CT molecular complexity index is 914. The van der Waals surface area contributed by atoms with E-state index in [4.69, 9.17) is 0 Å². The van der Waals surface area contributed by atoms with E-state index in [2.05, 4.69) is 88.3 Å². The standard InChI is InChI=1S/C29H42N4O4/c1-2-3-4-5-6-7-8-9-10-11-12-13-14-15-16-17-18-19-27(34)31-21-20-28(35)33-26(29(36)37)22-25-23-30-24-32-25/h3-4,6-7,9-10,12-13,15-16,23-24,26H,2,5,8,11,14,17-22H2,1H3,(H,30,32)(H,31,34)(H,33,35)(H,36,37). The van der Waals surface area contributed by atoms with Gasteiger partial charge in [-0.15, -0.1) is 0 Å². The molecule has 2 amide bonds. The van der Waals surface area contributed by atoms with Crippen molar-refractivity contribution in [1.29, 1.82) is 0 Å². The predicted octanol–water partition coefficient (Wildman–Crippen LogP) is 4.95. The fraction of sp³-hybridized carbons (Fsp3) is 0.448. The lowest BCUT2D eigenvalue weighted by molar-refractivity contribution is -0.141. The first-order valence-corrected chi connectivity index (χ1v) is 13.0. The van der Waals surface area contributed by atoms with Crippen LogP contribution in [0.2, 0.25) is 0 Å². The number of H-pyrrole nitrogens is 1. The Balaban J connectivity index is 2.04. The van der Waals surface area contributed by atoms with Crippen molar-refractivity contribution < 1.29 is 19.5 Å². The first kappa shape index (κ1) is 31.4. The Morgan fingerprint density at radius 2 is 1.49 bits per heavy atom. The van der Waals surface area contributed by atoms with Gasteiger partial charge in [-0.2, -0.15) is 0 Å². The molecule has 4 N–H and O–H groups in total. The molecule has 0 aliphatic heterocycles. The van der Waals surface area contributed by atoms with E-state index in [0.29, 0.717) is 12.1 Å². The zero-order chi connectivity index (χ0) is 27.0. The molecule has 8 heteroatoms. The maximum absolute atomic E-state index is 12.0. The van der Waals surface area contributed by atoms with Gasteiger partial charge in [-0.05, 0) is 44.9 Å². The van der Waals surface area contributed by atoms with Crippen LogP contribution >= 0.6 is 0 Å². The van der Waals surface area contributed by atoms with Crippen molar-refractivity contribution in [1.82, 2.24) is 20.6 Å². The van der Waals surface area contributed by atoms with E-state index in [1.165, 1.54) is 12.5 Å². The molecule has 0 radical (unpaired) electrons. The van der Waals surface area contributed by atoms with Gasteiger partial charge in [-0.25, -0.2) is 9.78 Å². The third kappa shape index (κ3) is 18.3. The lowest BCUT2D eigenvalue weighted by atomic mass is 10.1. The quantitative estimate of drug-likeness (QED) is 0.146. The number of aromatic amines is 1. The zero-order valence-corrected chi connectivity index (χ0v) is 21.9. The van der Waals surface area contributed by atoms with Gasteiger partial charge in [0.05, 0.1) is 6.33 Å². The van der Waals surface area contributed by atoms with Crippen molar-refractivity contribution in [2.24, 2.45) is 0 Å². The molecule has 1 unspecified atom stereocenters. The Kier molecular flexibility index (Phi) is 18.3. The molecule has 1 aromatic heterocycles. The van der Waals surface area contributed by atoms with Crippen LogP contribution in [0.4, 0.5) is 0 Å². The molecule has 1 heterocycles. The molecule has 0 bridgehead atoms. The second-order valence-corrected chi connectivity index (χ2v) is 8.44. The van der Waals surface area contributed by atoms with E-state index in [0.717, 1.165) is 44.9 Å². The lowest BCUT2D eigenvalue weighted by Gasteiger charge is -2.13. The second-order valence-electron chi connectivity index (χ2n) is 8.44. The highest BCUT2D eigenvalue weighted by molar-refractivity contribution is 5.84. The first-order chi connectivity index (χ1) is 18.0. The average molecular weight is 511 g/mol. The number of imidazole rings is 1. The van der Waals surface area contributed by atoms with E-state index in [1.807, 2.05) is 0 Å². The SMILES string of the molecule is CCC=CCC=CCC=CCC=CCC=CCCCC(=O)NCCC(=O)NC(Cc1cnc[nH]1)C(=O)O. The van der Waals surface area contributed by atoms with Crippen LogP contribution < -0.4 is 10.6 Å². The maximum atomic E-state index is 12.0. The molecule has 0 aromatic carbocycles. The van der Waals surface area contributed by atoms with Crippen LogP contribution in [0.3, 0.4) is 0 Å². The molecule has 37 heavy (non-hydrogen) atoms. The summed E-state index contributed by atoms with van der Waals surface area (Å²) in [5.41, 5.74) is 0.619. The number of carboxylic acids is 1. The van der Waals surface area contributed by atoms with Crippen molar-refractivity contribution in [3.8, 4) is 0 Å². The van der Waals surface area contributed by atoms with Crippen LogP contribution in [0.1, 0.15) is 70.4 Å². The van der Waals surface area contributed by atoms with Gasteiger partial charge in [-0.3, -0.25) is 9.59 Å². The van der Waals surface area contributed by atoms with Gasteiger partial charge < -0.3 is 20.7 Å². The van der Waals surface area contributed by atoms with Crippen molar-refractivity contribution >= 4 is 17.8 Å². The summed E-state index contributed by atoms with van der Waals surface area (Å²) in [6.07, 6.45) is 31.4. The fourth-order valence-electron chi connectivity index (χ4n) is 3.24. The molecule has 1 aromatic rings. The van der Waals surface area contributed by atoms with Crippen LogP contribution in [0, 0.1) is 0 Å². The molecular weight excluding hydrogens is 468 g/mol. The smallest absolute Gasteiger partial charge is 0.326 e. The van der Waals surface area contributed by atoms with Crippen molar-refractivity contribution in [2.75, 3.05) is 6.54 Å². The van der Waals surface area contributed by atoms with E-state index in [9.17, 15) is 19.5 Å². The minimum atomic E-state index is -1.12. The van der Waals surface area contributed by atoms with E-state index < -0.39 is 17.9 Å². The monoisotopic (exact) mass is 510 g/mol. The third-order valence-corrected chi connectivity index (χ3v) is 5.22. The molecule has 0 spiro atoms. The number of aromatic nitrogens is 2. The highest BCUT2D eigenvalue weighted by Gasteiger charge is 2.20. The van der Waals surface area contributed by atoms with Gasteiger partial charge >= 0.3 is 5.97 Å². The molecular formula is C29H42N4O4. The van der Waals surface area contributed by atoms with Crippen LogP contribution in [0.25, 0.3) is 0 Å². The minimum Gasteiger partial charge on any atom is -0.480 e. The van der Waals surface area contributed by atoms with Crippen LogP contribution in [-0.2, 0) is 20.8 Å². The first-order valence-electron chi connectivity index (χ1n) is 13.0. The number of carboxylic acid groups (broad SMARTS) is 1. The number of rotatable bonds is 20. The molecule has 1 rings (SSSR count). The van der Waals surface area contributed by atoms with Gasteiger partial charge in [0.1, 0.15) is 6.04 Å². The molecule has 0 saturated carbocycles. The molecule has 0 aliphatic rings. The lowest BCUT2D eigenvalue weighted by Crippen LogP contribution is -2.43. The Labute approximate surface area is 220 Å². The number of carbonyl (C=O) groups excluding carboxylic acids is 2. The summed E-state index contributed by atoms with van der Waals surface area (Å²) >= 11 is 0. The number of hydrogen-bond donors (Lipinski definition) is 4. The predicted molar refractivity (Wildman–Crippen MR) is 148 cm³/mol. The fourth-order valence-corrected chi connectivity index (χ4v) is 3.24. The zero-order valence-electron chi connectivity index (χ0n) is 21.9. The number of allylic oxidation sites excluding steroid dienone is 10. The molecule has 0 aliphatic carbocycles. The van der Waals surface area contributed by atoms with Gasteiger partial charge in [-0.1, -0.05) is 67.7 Å². The van der Waals surface area contributed by atoms with Crippen molar-refractivity contribution in [3.05, 3.63) is 79.0 Å². The van der Waals surface area contributed by atoms with Crippen LogP contribution in [0.5, 0.6) is 0 Å². The maximum Gasteiger partial charge on any atom is 0.326 e. The number of carbonyl (C=O) groups is 3. The summed E-state index contributed by atoms with van der Waals surface area (Å²) in [6, 6.07) is -1.05. The Hall–Kier alpha value is -3.68. The Morgan fingerprint density at radius 1 is 0.892 bits per heavy atom. The van der Waals surface area contributed by atoms with Gasteiger partial charge in [0.2, 0.25) is 11.8 Å². The second kappa shape index (κ2) is 21.6. The number of unbranched alkanes of at least 4 members (excludes halogenated alkanes) is 1. The van der Waals surface area contributed by atoms with Gasteiger partial charge in [0, 0.05) is 37.7 Å². The highest BCUT2D eigenvalue weighted by atomic mass is 16.4. The normalized spacial score (nSPS) is 12.9. The largest absolute Gasteiger partial charge is 0.480 e. The number of aliphatic carboxylic acids is 1. The van der Waals surface area contributed by atoms with Crippen molar-refractivity contribution in [3.63, 3.8) is 0 Å². The topological polar surface area (TPSA) is 124 Å². The minimum absolute atomic E-state index is 0.0211. The molecule has 0 saturated heterocycles. The summed E-state index contributed by atoms with van der Waals surface area (Å²) < 4.78 is 0. The summed E-state index contributed by atoms with van der Waals surface area (Å²) in [6.45, 7) is 2.31. The highest BCUT2D eigenvalue weighted by Crippen LogP contribution is 2.01. The number of hydrogen-bond acceptors (Lipinski definition) is 4. The molecule has 8 nitrogen and oxygen atoms in total. The van der Waals surface area contributed by atoms with Crippen LogP contribution in [-0.4, -0.2) is 45.4 Å². The number of nitrogens with one attached hydrogen (secondary N) is 3. The van der Waals surface area contributed by atoms with Gasteiger partial charge in [0.15, 0.2) is 0 Å². The number of amides is 2. The molecule has 202 valence electrons.